The summed E-state index contributed by atoms with van der Waals surface area (Å²) in [5.41, 5.74) is 0.000685. The van der Waals surface area contributed by atoms with Crippen LogP contribution in [-0.4, -0.2) is 41.3 Å². The molecular formula is C10H14N4O3. The van der Waals surface area contributed by atoms with E-state index in [2.05, 4.69) is 10.3 Å². The van der Waals surface area contributed by atoms with Crippen molar-refractivity contribution in [2.24, 2.45) is 0 Å². The molecule has 0 spiro atoms. The van der Waals surface area contributed by atoms with Crippen LogP contribution < -0.4 is 10.2 Å². The van der Waals surface area contributed by atoms with Gasteiger partial charge in [-0.1, -0.05) is 0 Å². The van der Waals surface area contributed by atoms with Gasteiger partial charge in [-0.2, -0.15) is 0 Å². The van der Waals surface area contributed by atoms with Crippen LogP contribution in [0.5, 0.6) is 0 Å². The fourth-order valence-corrected chi connectivity index (χ4v) is 1.85. The summed E-state index contributed by atoms with van der Waals surface area (Å²) in [6.45, 7) is 1.13. The second-order valence-corrected chi connectivity index (χ2v) is 3.96. The Morgan fingerprint density at radius 3 is 2.94 bits per heavy atom. The van der Waals surface area contributed by atoms with Crippen molar-refractivity contribution in [1.82, 2.24) is 4.98 Å². The fraction of sp³-hybridized carbons (Fsp3) is 0.500. The summed E-state index contributed by atoms with van der Waals surface area (Å²) in [5, 5.41) is 23.0. The van der Waals surface area contributed by atoms with E-state index in [1.165, 1.54) is 12.1 Å². The molecule has 2 rings (SSSR count). The summed E-state index contributed by atoms with van der Waals surface area (Å²) >= 11 is 0. The number of hydrogen-bond acceptors (Lipinski definition) is 6. The second-order valence-electron chi connectivity index (χ2n) is 3.96. The normalized spacial score (nSPS) is 19.4. The Morgan fingerprint density at radius 1 is 1.65 bits per heavy atom. The largest absolute Gasteiger partial charge is 0.391 e. The number of rotatable bonds is 3. The maximum Gasteiger partial charge on any atom is 0.276 e. The lowest BCUT2D eigenvalue weighted by Crippen LogP contribution is -2.22. The molecule has 7 nitrogen and oxygen atoms in total. The topological polar surface area (TPSA) is 91.5 Å². The van der Waals surface area contributed by atoms with Crippen molar-refractivity contribution < 1.29 is 10.0 Å². The van der Waals surface area contributed by atoms with E-state index in [0.29, 0.717) is 31.1 Å². The highest BCUT2D eigenvalue weighted by Gasteiger charge is 2.23. The number of aliphatic hydroxyl groups is 1. The van der Waals surface area contributed by atoms with Crippen molar-refractivity contribution in [2.75, 3.05) is 30.4 Å². The van der Waals surface area contributed by atoms with Gasteiger partial charge in [0.25, 0.3) is 5.69 Å². The predicted octanol–water partition coefficient (Wildman–Crippen LogP) is 0.602. The van der Waals surface area contributed by atoms with Crippen LogP contribution in [0.4, 0.5) is 17.3 Å². The van der Waals surface area contributed by atoms with Crippen molar-refractivity contribution in [3.05, 3.63) is 22.2 Å². The highest BCUT2D eigenvalue weighted by Crippen LogP contribution is 2.25. The Morgan fingerprint density at radius 2 is 2.41 bits per heavy atom. The molecule has 17 heavy (non-hydrogen) atoms. The molecule has 0 amide bonds. The van der Waals surface area contributed by atoms with Crippen molar-refractivity contribution in [1.29, 1.82) is 0 Å². The standard InChI is InChI=1S/C10H14N4O3/c1-11-9-4-7(14(16)17)5-10(12-9)13-3-2-8(15)6-13/h4-5,8,15H,2-3,6H2,1H3,(H,11,12). The zero-order valence-electron chi connectivity index (χ0n) is 9.46. The molecule has 1 aromatic heterocycles. The molecule has 0 radical (unpaired) electrons. The minimum atomic E-state index is -0.446. The molecule has 0 aromatic carbocycles. The van der Waals surface area contributed by atoms with Gasteiger partial charge in [0.1, 0.15) is 11.6 Å². The van der Waals surface area contributed by atoms with E-state index in [4.69, 9.17) is 0 Å². The summed E-state index contributed by atoms with van der Waals surface area (Å²) in [4.78, 5) is 16.4. The van der Waals surface area contributed by atoms with Crippen LogP contribution in [0, 0.1) is 10.1 Å². The van der Waals surface area contributed by atoms with Crippen LogP contribution in [0.25, 0.3) is 0 Å². The van der Waals surface area contributed by atoms with E-state index in [1.54, 1.807) is 7.05 Å². The quantitative estimate of drug-likeness (QED) is 0.592. The van der Waals surface area contributed by atoms with Gasteiger partial charge in [0.15, 0.2) is 0 Å². The lowest BCUT2D eigenvalue weighted by atomic mass is 10.3. The van der Waals surface area contributed by atoms with Gasteiger partial charge in [-0.15, -0.1) is 0 Å². The number of aliphatic hydroxyl groups excluding tert-OH is 1. The van der Waals surface area contributed by atoms with E-state index < -0.39 is 4.92 Å². The number of β-amino-alcohol motifs (C(OH)–C–C–N with tert-alkyl or cyclic N) is 1. The average Bonchev–Trinajstić information content (AvgIpc) is 2.75. The maximum atomic E-state index is 10.8. The Bertz CT molecular complexity index is 438. The van der Waals surface area contributed by atoms with Crippen LogP contribution >= 0.6 is 0 Å². The summed E-state index contributed by atoms with van der Waals surface area (Å²) in [6.07, 6.45) is 0.285. The van der Waals surface area contributed by atoms with Gasteiger partial charge in [-0.3, -0.25) is 10.1 Å². The van der Waals surface area contributed by atoms with Gasteiger partial charge < -0.3 is 15.3 Å². The summed E-state index contributed by atoms with van der Waals surface area (Å²) < 4.78 is 0. The maximum absolute atomic E-state index is 10.8. The van der Waals surface area contributed by atoms with E-state index >= 15 is 0 Å². The SMILES string of the molecule is CNc1cc([N+](=O)[O-])cc(N2CCC(O)C2)n1. The molecule has 2 N–H and O–H groups in total. The molecule has 92 valence electrons. The molecule has 1 aliphatic heterocycles. The number of pyridine rings is 1. The lowest BCUT2D eigenvalue weighted by Gasteiger charge is -2.17. The predicted molar refractivity (Wildman–Crippen MR) is 63.3 cm³/mol. The van der Waals surface area contributed by atoms with Gasteiger partial charge in [0.2, 0.25) is 0 Å². The average molecular weight is 238 g/mol. The van der Waals surface area contributed by atoms with Gasteiger partial charge in [0.05, 0.1) is 23.2 Å². The third-order valence-electron chi connectivity index (χ3n) is 2.75. The lowest BCUT2D eigenvalue weighted by molar-refractivity contribution is -0.384. The van der Waals surface area contributed by atoms with Crippen molar-refractivity contribution in [2.45, 2.75) is 12.5 Å². The van der Waals surface area contributed by atoms with Crippen LogP contribution in [-0.2, 0) is 0 Å². The number of nitro groups is 1. The smallest absolute Gasteiger partial charge is 0.276 e. The van der Waals surface area contributed by atoms with Gasteiger partial charge in [-0.05, 0) is 6.42 Å². The van der Waals surface area contributed by atoms with E-state index in [-0.39, 0.29) is 11.8 Å². The Hall–Kier alpha value is -1.89. The van der Waals surface area contributed by atoms with Crippen LogP contribution in [0.15, 0.2) is 12.1 Å². The number of nitrogens with one attached hydrogen (secondary N) is 1. The van der Waals surface area contributed by atoms with Crippen molar-refractivity contribution >= 4 is 17.3 Å². The third kappa shape index (κ3) is 2.44. The first-order valence-corrected chi connectivity index (χ1v) is 5.37. The van der Waals surface area contributed by atoms with E-state index in [1.807, 2.05) is 4.90 Å². The summed E-state index contributed by atoms with van der Waals surface area (Å²) in [6, 6.07) is 2.81. The number of hydrogen-bond donors (Lipinski definition) is 2. The molecule has 7 heteroatoms. The molecule has 0 bridgehead atoms. The van der Waals surface area contributed by atoms with Crippen LogP contribution in [0.2, 0.25) is 0 Å². The van der Waals surface area contributed by atoms with Gasteiger partial charge in [-0.25, -0.2) is 4.98 Å². The third-order valence-corrected chi connectivity index (χ3v) is 2.75. The molecule has 0 saturated carbocycles. The zero-order chi connectivity index (χ0) is 12.4. The first-order valence-electron chi connectivity index (χ1n) is 5.37. The first kappa shape index (κ1) is 11.6. The number of nitrogens with zero attached hydrogens (tertiary/aromatic N) is 3. The highest BCUT2D eigenvalue weighted by atomic mass is 16.6. The fourth-order valence-electron chi connectivity index (χ4n) is 1.85. The molecule has 2 heterocycles. The van der Waals surface area contributed by atoms with Gasteiger partial charge in [0, 0.05) is 20.1 Å². The molecule has 1 fully saturated rings. The second kappa shape index (κ2) is 4.54. The Balaban J connectivity index is 2.32. The highest BCUT2D eigenvalue weighted by molar-refractivity contribution is 5.56. The number of anilines is 2. The summed E-state index contributed by atoms with van der Waals surface area (Å²) in [7, 11) is 1.66. The molecule has 1 aromatic rings. The molecule has 1 atom stereocenters. The minimum absolute atomic E-state index is 0.000685. The molecule has 1 aliphatic rings. The van der Waals surface area contributed by atoms with Crippen molar-refractivity contribution in [3.63, 3.8) is 0 Å². The zero-order valence-corrected chi connectivity index (χ0v) is 9.46. The van der Waals surface area contributed by atoms with Gasteiger partial charge >= 0.3 is 0 Å². The van der Waals surface area contributed by atoms with Crippen LogP contribution in [0.1, 0.15) is 6.42 Å². The monoisotopic (exact) mass is 238 g/mol. The van der Waals surface area contributed by atoms with Crippen LogP contribution in [0.3, 0.4) is 0 Å². The Labute approximate surface area is 98.2 Å². The first-order chi connectivity index (χ1) is 8.10. The molecular weight excluding hydrogens is 224 g/mol. The molecule has 1 unspecified atom stereocenters. The van der Waals surface area contributed by atoms with E-state index in [9.17, 15) is 15.2 Å². The summed E-state index contributed by atoms with van der Waals surface area (Å²) in [5.74, 6) is 0.982. The minimum Gasteiger partial charge on any atom is -0.391 e. The molecule has 1 saturated heterocycles. The van der Waals surface area contributed by atoms with Crippen molar-refractivity contribution in [3.8, 4) is 0 Å². The van der Waals surface area contributed by atoms with E-state index in [0.717, 1.165) is 0 Å². The Kier molecular flexibility index (Phi) is 3.10. The molecule has 0 aliphatic carbocycles. The number of aromatic nitrogens is 1.